The molecule has 1 aromatic rings. The van der Waals surface area contributed by atoms with Gasteiger partial charge in [-0.2, -0.15) is 0 Å². The molecule has 124 valence electrons. The van der Waals surface area contributed by atoms with Crippen LogP contribution < -0.4 is 5.84 Å². The van der Waals surface area contributed by atoms with Crippen LogP contribution in [0.5, 0.6) is 0 Å². The van der Waals surface area contributed by atoms with Gasteiger partial charge in [0.25, 0.3) is 0 Å². The van der Waals surface area contributed by atoms with Crippen molar-refractivity contribution in [1.29, 1.82) is 0 Å². The Kier molecular flexibility index (Phi) is 4.94. The van der Waals surface area contributed by atoms with E-state index in [1.54, 1.807) is 0 Å². The van der Waals surface area contributed by atoms with Crippen molar-refractivity contribution in [3.63, 3.8) is 0 Å². The quantitative estimate of drug-likeness (QED) is 0.142. The number of nitrogens with two attached hydrogens (primary N) is 1. The molecule has 2 heterocycles. The van der Waals surface area contributed by atoms with E-state index in [0.717, 1.165) is 0 Å². The largest absolute Gasteiger partial charge is 0.470 e. The molecule has 1 aliphatic heterocycles. The van der Waals surface area contributed by atoms with E-state index in [1.807, 2.05) is 0 Å². The minimum Gasteiger partial charge on any atom is -0.394 e. The number of hydrazine groups is 1. The van der Waals surface area contributed by atoms with Crippen molar-refractivity contribution < 1.29 is 38.6 Å². The molecule has 0 spiro atoms. The summed E-state index contributed by atoms with van der Waals surface area (Å²) in [5, 5.41) is 19.4. The number of amides is 1. The second-order valence-corrected chi connectivity index (χ2v) is 5.64. The first-order chi connectivity index (χ1) is 10.2. The van der Waals surface area contributed by atoms with Gasteiger partial charge in [0, 0.05) is 12.4 Å². The molecule has 1 aliphatic rings. The molecule has 1 aromatic heterocycles. The first kappa shape index (κ1) is 17.0. The number of ether oxygens (including phenoxy) is 1. The van der Waals surface area contributed by atoms with Crippen LogP contribution in [0.1, 0.15) is 10.6 Å². The third kappa shape index (κ3) is 3.51. The lowest BCUT2D eigenvalue weighted by atomic mass is 10.1. The van der Waals surface area contributed by atoms with Crippen molar-refractivity contribution in [3.05, 3.63) is 18.2 Å². The van der Waals surface area contributed by atoms with Gasteiger partial charge >= 0.3 is 13.7 Å². The topological polar surface area (TPSA) is 191 Å². The van der Waals surface area contributed by atoms with Crippen LogP contribution in [0.15, 0.2) is 12.4 Å². The molecule has 13 heteroatoms. The standard InChI is InChI=1S/C9H15N4O8P/c10-13(8(16)7-11-1-2-12-7)9-6(21-22(17,18)19)5(15)4(3-14)20-9/h1-2,4-6,9,14-15H,3,10H2,(H,11,12)(H2,17,18,19)/t4-,5-,6-,9?/m1/s1. The van der Waals surface area contributed by atoms with Crippen LogP contribution in [-0.2, 0) is 13.8 Å². The van der Waals surface area contributed by atoms with Gasteiger partial charge in [0.2, 0.25) is 0 Å². The summed E-state index contributed by atoms with van der Waals surface area (Å²) >= 11 is 0. The Morgan fingerprint density at radius 1 is 1.59 bits per heavy atom. The van der Waals surface area contributed by atoms with Crippen molar-refractivity contribution >= 4 is 13.7 Å². The molecule has 1 fully saturated rings. The van der Waals surface area contributed by atoms with Crippen molar-refractivity contribution in [1.82, 2.24) is 15.0 Å². The number of nitrogens with one attached hydrogen (secondary N) is 1. The Morgan fingerprint density at radius 3 is 2.77 bits per heavy atom. The molecule has 2 rings (SSSR count). The zero-order valence-corrected chi connectivity index (χ0v) is 11.9. The molecule has 1 amide bonds. The lowest BCUT2D eigenvalue weighted by Crippen LogP contribution is -2.52. The highest BCUT2D eigenvalue weighted by Crippen LogP contribution is 2.42. The minimum absolute atomic E-state index is 0.150. The smallest absolute Gasteiger partial charge is 0.394 e. The molecular formula is C9H15N4O8P. The van der Waals surface area contributed by atoms with Crippen LogP contribution in [0, 0.1) is 0 Å². The highest BCUT2D eigenvalue weighted by Gasteiger charge is 2.50. The Bertz CT molecular complexity index is 562. The Balaban J connectivity index is 2.22. The molecule has 0 aliphatic carbocycles. The van der Waals surface area contributed by atoms with Crippen LogP contribution in [0.3, 0.4) is 0 Å². The van der Waals surface area contributed by atoms with Crippen molar-refractivity contribution in [2.75, 3.05) is 6.61 Å². The second-order valence-electron chi connectivity index (χ2n) is 4.45. The third-order valence-electron chi connectivity index (χ3n) is 2.96. The maximum Gasteiger partial charge on any atom is 0.470 e. The number of aromatic nitrogens is 2. The summed E-state index contributed by atoms with van der Waals surface area (Å²) in [5.41, 5.74) is 0. The number of carbonyl (C=O) groups is 1. The highest BCUT2D eigenvalue weighted by atomic mass is 31.2. The molecule has 0 bridgehead atoms. The van der Waals surface area contributed by atoms with Crippen LogP contribution in [-0.4, -0.2) is 72.0 Å². The molecule has 1 saturated heterocycles. The number of carbonyl (C=O) groups excluding carboxylic acids is 1. The van der Waals surface area contributed by atoms with E-state index < -0.39 is 44.9 Å². The van der Waals surface area contributed by atoms with Crippen LogP contribution >= 0.6 is 7.82 Å². The number of nitrogens with zero attached hydrogens (tertiary/aromatic N) is 2. The van der Waals surface area contributed by atoms with Gasteiger partial charge in [-0.05, 0) is 0 Å². The number of H-pyrrole nitrogens is 1. The molecule has 22 heavy (non-hydrogen) atoms. The lowest BCUT2D eigenvalue weighted by molar-refractivity contribution is -0.0831. The maximum atomic E-state index is 12.0. The van der Waals surface area contributed by atoms with E-state index in [-0.39, 0.29) is 5.82 Å². The summed E-state index contributed by atoms with van der Waals surface area (Å²) in [5.74, 6) is 4.56. The fraction of sp³-hybridized carbons (Fsp3) is 0.556. The summed E-state index contributed by atoms with van der Waals surface area (Å²) in [6.07, 6.45) is -3.34. The molecule has 0 aromatic carbocycles. The van der Waals surface area contributed by atoms with E-state index >= 15 is 0 Å². The van der Waals surface area contributed by atoms with Gasteiger partial charge in [-0.3, -0.25) is 9.32 Å². The number of aliphatic hydroxyl groups is 2. The van der Waals surface area contributed by atoms with Crippen molar-refractivity contribution in [3.8, 4) is 0 Å². The zero-order valence-electron chi connectivity index (χ0n) is 11.0. The zero-order chi connectivity index (χ0) is 16.5. The normalized spacial score (nSPS) is 28.8. The van der Waals surface area contributed by atoms with Crippen LogP contribution in [0.2, 0.25) is 0 Å². The van der Waals surface area contributed by atoms with Gasteiger partial charge in [0.1, 0.15) is 18.3 Å². The summed E-state index contributed by atoms with van der Waals surface area (Å²) in [6.45, 7) is -0.665. The monoisotopic (exact) mass is 338 g/mol. The van der Waals surface area contributed by atoms with Gasteiger partial charge in [0.15, 0.2) is 12.1 Å². The van der Waals surface area contributed by atoms with Gasteiger partial charge in [-0.1, -0.05) is 0 Å². The van der Waals surface area contributed by atoms with E-state index in [0.29, 0.717) is 5.01 Å². The second kappa shape index (κ2) is 6.40. The number of imidazole rings is 1. The van der Waals surface area contributed by atoms with E-state index in [2.05, 4.69) is 14.5 Å². The van der Waals surface area contributed by atoms with Gasteiger partial charge in [0.05, 0.1) is 6.61 Å². The summed E-state index contributed by atoms with van der Waals surface area (Å²) in [4.78, 5) is 36.0. The van der Waals surface area contributed by atoms with Crippen LogP contribution in [0.25, 0.3) is 0 Å². The highest BCUT2D eigenvalue weighted by molar-refractivity contribution is 7.46. The lowest BCUT2D eigenvalue weighted by Gasteiger charge is -2.27. The summed E-state index contributed by atoms with van der Waals surface area (Å²) in [6, 6.07) is 0. The van der Waals surface area contributed by atoms with Gasteiger partial charge in [-0.15, -0.1) is 0 Å². The van der Waals surface area contributed by atoms with E-state index in [9.17, 15) is 14.5 Å². The Morgan fingerprint density at radius 2 is 2.27 bits per heavy atom. The van der Waals surface area contributed by atoms with Crippen LogP contribution in [0.4, 0.5) is 0 Å². The fourth-order valence-electron chi connectivity index (χ4n) is 1.99. The van der Waals surface area contributed by atoms with Gasteiger partial charge in [-0.25, -0.2) is 20.4 Å². The number of phosphoric ester groups is 1. The predicted octanol–water partition coefficient (Wildman–Crippen LogP) is -2.72. The SMILES string of the molecule is NN(C(=O)c1ncc[nH]1)C1O[C@H](CO)[C@@H](O)[C@H]1OP(=O)(O)O. The number of phosphoric acid groups is 1. The van der Waals surface area contributed by atoms with E-state index in [4.69, 9.17) is 25.5 Å². The van der Waals surface area contributed by atoms with Crippen molar-refractivity contribution in [2.45, 2.75) is 24.5 Å². The maximum absolute atomic E-state index is 12.0. The minimum atomic E-state index is -5.00. The summed E-state index contributed by atoms with van der Waals surface area (Å²) < 4.78 is 20.5. The number of aliphatic hydroxyl groups excluding tert-OH is 2. The molecule has 7 N–H and O–H groups in total. The molecule has 0 saturated carbocycles. The number of aromatic amines is 1. The molecule has 12 nitrogen and oxygen atoms in total. The Hall–Kier alpha value is -1.37. The predicted molar refractivity (Wildman–Crippen MR) is 67.6 cm³/mol. The van der Waals surface area contributed by atoms with E-state index in [1.165, 1.54) is 12.4 Å². The first-order valence-corrected chi connectivity index (χ1v) is 7.53. The molecule has 1 unspecified atom stereocenters. The molecular weight excluding hydrogens is 323 g/mol. The average molecular weight is 338 g/mol. The molecule has 4 atom stereocenters. The fourth-order valence-corrected chi connectivity index (χ4v) is 2.53. The van der Waals surface area contributed by atoms with Crippen molar-refractivity contribution in [2.24, 2.45) is 5.84 Å². The average Bonchev–Trinajstić information content (AvgIpc) is 3.06. The van der Waals surface area contributed by atoms with Gasteiger partial charge < -0.3 is 29.7 Å². The number of hydrogen-bond donors (Lipinski definition) is 6. The third-order valence-corrected chi connectivity index (χ3v) is 3.48. The Labute approximate surface area is 123 Å². The molecule has 0 radical (unpaired) electrons. The summed E-state index contributed by atoms with van der Waals surface area (Å²) in [7, 11) is -5.00. The first-order valence-electron chi connectivity index (χ1n) is 6.00. The number of hydrogen-bond acceptors (Lipinski definition) is 8. The number of rotatable bonds is 5.